The fourth-order valence-electron chi connectivity index (χ4n) is 1.92. The number of rotatable bonds is 8. The van der Waals surface area contributed by atoms with Gasteiger partial charge in [0.05, 0.1) is 5.51 Å². The molecule has 2 aromatic heterocycles. The Hall–Kier alpha value is -0.800. The molecule has 0 spiro atoms. The number of thiazole rings is 1. The van der Waals surface area contributed by atoms with E-state index in [0.717, 1.165) is 28.3 Å². The van der Waals surface area contributed by atoms with Gasteiger partial charge in [0.25, 0.3) is 0 Å². The van der Waals surface area contributed by atoms with Crippen LogP contribution in [-0.2, 0) is 23.1 Å². The van der Waals surface area contributed by atoms with E-state index in [1.165, 1.54) is 22.7 Å². The highest BCUT2D eigenvalue weighted by molar-refractivity contribution is 7.89. The van der Waals surface area contributed by atoms with Crippen LogP contribution < -0.4 is 10.0 Å². The van der Waals surface area contributed by atoms with Crippen LogP contribution in [0, 0.1) is 6.92 Å². The van der Waals surface area contributed by atoms with Crippen molar-refractivity contribution in [2.45, 2.75) is 38.3 Å². The molecule has 0 saturated heterocycles. The van der Waals surface area contributed by atoms with Crippen LogP contribution in [0.1, 0.15) is 28.7 Å². The van der Waals surface area contributed by atoms with Crippen LogP contribution in [0.4, 0.5) is 0 Å². The van der Waals surface area contributed by atoms with Crippen LogP contribution in [0.25, 0.3) is 0 Å². The SMILES string of the molecule is CCCNCc1scc(C)c1S(=O)(=O)NCc1cncs1. The van der Waals surface area contributed by atoms with Crippen molar-refractivity contribution in [3.05, 3.63) is 32.4 Å². The maximum absolute atomic E-state index is 12.5. The number of sulfonamides is 1. The molecule has 116 valence electrons. The molecule has 0 aromatic carbocycles. The van der Waals surface area contributed by atoms with E-state index in [4.69, 9.17) is 0 Å². The minimum absolute atomic E-state index is 0.282. The second-order valence-corrected chi connectivity index (χ2v) is 8.28. The molecule has 0 bridgehead atoms. The molecule has 5 nitrogen and oxygen atoms in total. The van der Waals surface area contributed by atoms with Gasteiger partial charge in [-0.15, -0.1) is 22.7 Å². The summed E-state index contributed by atoms with van der Waals surface area (Å²) >= 11 is 2.92. The molecule has 0 unspecified atom stereocenters. The zero-order chi connectivity index (χ0) is 15.3. The van der Waals surface area contributed by atoms with E-state index in [1.807, 2.05) is 12.3 Å². The Morgan fingerprint density at radius 1 is 1.29 bits per heavy atom. The number of nitrogens with one attached hydrogen (secondary N) is 2. The predicted molar refractivity (Wildman–Crippen MR) is 87.2 cm³/mol. The van der Waals surface area contributed by atoms with Crippen molar-refractivity contribution in [3.8, 4) is 0 Å². The van der Waals surface area contributed by atoms with Crippen molar-refractivity contribution >= 4 is 32.7 Å². The largest absolute Gasteiger partial charge is 0.312 e. The Balaban J connectivity index is 2.13. The van der Waals surface area contributed by atoms with Crippen LogP contribution >= 0.6 is 22.7 Å². The minimum Gasteiger partial charge on any atom is -0.312 e. The zero-order valence-electron chi connectivity index (χ0n) is 12.0. The first-order valence-electron chi connectivity index (χ1n) is 6.69. The Morgan fingerprint density at radius 3 is 2.76 bits per heavy atom. The van der Waals surface area contributed by atoms with E-state index in [2.05, 4.69) is 21.9 Å². The molecule has 2 rings (SSSR count). The van der Waals surface area contributed by atoms with Gasteiger partial charge in [0.2, 0.25) is 10.0 Å². The van der Waals surface area contributed by atoms with Crippen molar-refractivity contribution in [1.29, 1.82) is 0 Å². The number of hydrogen-bond donors (Lipinski definition) is 2. The van der Waals surface area contributed by atoms with E-state index in [-0.39, 0.29) is 6.54 Å². The number of aromatic nitrogens is 1. The molecule has 2 heterocycles. The summed E-state index contributed by atoms with van der Waals surface area (Å²) in [6.07, 6.45) is 2.70. The quantitative estimate of drug-likeness (QED) is 0.721. The monoisotopic (exact) mass is 345 g/mol. The summed E-state index contributed by atoms with van der Waals surface area (Å²) in [5.41, 5.74) is 2.49. The van der Waals surface area contributed by atoms with Gasteiger partial charge in [0, 0.05) is 29.0 Å². The van der Waals surface area contributed by atoms with Gasteiger partial charge in [-0.25, -0.2) is 13.1 Å². The molecular weight excluding hydrogens is 326 g/mol. The first-order chi connectivity index (χ1) is 10.0. The lowest BCUT2D eigenvalue weighted by molar-refractivity contribution is 0.579. The molecule has 0 saturated carbocycles. The van der Waals surface area contributed by atoms with E-state index in [0.29, 0.717) is 11.4 Å². The number of thiophene rings is 1. The van der Waals surface area contributed by atoms with Crippen LogP contribution in [0.2, 0.25) is 0 Å². The molecule has 0 amide bonds. The highest BCUT2D eigenvalue weighted by Crippen LogP contribution is 2.27. The highest BCUT2D eigenvalue weighted by Gasteiger charge is 2.22. The third-order valence-electron chi connectivity index (χ3n) is 2.89. The van der Waals surface area contributed by atoms with E-state index < -0.39 is 10.0 Å². The molecular formula is C13H19N3O2S3. The Labute approximate surface area is 133 Å². The van der Waals surface area contributed by atoms with Gasteiger partial charge in [-0.1, -0.05) is 6.92 Å². The van der Waals surface area contributed by atoms with Crippen molar-refractivity contribution in [1.82, 2.24) is 15.0 Å². The smallest absolute Gasteiger partial charge is 0.242 e. The first-order valence-corrected chi connectivity index (χ1v) is 9.93. The van der Waals surface area contributed by atoms with E-state index in [1.54, 1.807) is 11.7 Å². The average molecular weight is 346 g/mol. The van der Waals surface area contributed by atoms with E-state index >= 15 is 0 Å². The zero-order valence-corrected chi connectivity index (χ0v) is 14.5. The molecule has 0 atom stereocenters. The van der Waals surface area contributed by atoms with Gasteiger partial charge >= 0.3 is 0 Å². The molecule has 0 aliphatic heterocycles. The maximum atomic E-state index is 12.5. The second-order valence-electron chi connectivity index (χ2n) is 4.64. The number of aryl methyl sites for hydroxylation is 1. The lowest BCUT2D eigenvalue weighted by atomic mass is 10.3. The summed E-state index contributed by atoms with van der Waals surface area (Å²) in [5, 5.41) is 5.15. The average Bonchev–Trinajstić information content (AvgIpc) is 3.07. The molecule has 21 heavy (non-hydrogen) atoms. The first kappa shape index (κ1) is 16.6. The van der Waals surface area contributed by atoms with Gasteiger partial charge in [0.1, 0.15) is 4.90 Å². The van der Waals surface area contributed by atoms with Crippen molar-refractivity contribution in [2.75, 3.05) is 6.54 Å². The fourth-order valence-corrected chi connectivity index (χ4v) is 5.33. The summed E-state index contributed by atoms with van der Waals surface area (Å²) in [7, 11) is -3.49. The third kappa shape index (κ3) is 4.33. The van der Waals surface area contributed by atoms with Gasteiger partial charge in [-0.05, 0) is 30.8 Å². The molecule has 0 radical (unpaired) electrons. The lowest BCUT2D eigenvalue weighted by Gasteiger charge is -2.09. The van der Waals surface area contributed by atoms with Gasteiger partial charge in [-0.2, -0.15) is 0 Å². The molecule has 0 aliphatic rings. The van der Waals surface area contributed by atoms with Crippen LogP contribution in [0.3, 0.4) is 0 Å². The molecule has 2 N–H and O–H groups in total. The number of nitrogens with zero attached hydrogens (tertiary/aromatic N) is 1. The molecule has 0 fully saturated rings. The summed E-state index contributed by atoms with van der Waals surface area (Å²) in [4.78, 5) is 6.12. The van der Waals surface area contributed by atoms with Crippen molar-refractivity contribution in [2.24, 2.45) is 0 Å². The van der Waals surface area contributed by atoms with Crippen LogP contribution in [-0.4, -0.2) is 19.9 Å². The Kier molecular flexibility index (Phi) is 5.88. The van der Waals surface area contributed by atoms with Gasteiger partial charge < -0.3 is 5.32 Å². The minimum atomic E-state index is -3.49. The Morgan fingerprint density at radius 2 is 2.10 bits per heavy atom. The lowest BCUT2D eigenvalue weighted by Crippen LogP contribution is -2.25. The topological polar surface area (TPSA) is 71.1 Å². The molecule has 8 heteroatoms. The fraction of sp³-hybridized carbons (Fsp3) is 0.462. The molecule has 0 aliphatic carbocycles. The number of hydrogen-bond acceptors (Lipinski definition) is 6. The van der Waals surface area contributed by atoms with Gasteiger partial charge in [0.15, 0.2) is 0 Å². The highest BCUT2D eigenvalue weighted by atomic mass is 32.2. The summed E-state index contributed by atoms with van der Waals surface area (Å²) in [5.74, 6) is 0. The van der Waals surface area contributed by atoms with Crippen molar-refractivity contribution in [3.63, 3.8) is 0 Å². The summed E-state index contributed by atoms with van der Waals surface area (Å²) in [6.45, 7) is 5.67. The summed E-state index contributed by atoms with van der Waals surface area (Å²) in [6, 6.07) is 0. The van der Waals surface area contributed by atoms with Gasteiger partial charge in [-0.3, -0.25) is 4.98 Å². The second kappa shape index (κ2) is 7.46. The standard InChI is InChI=1S/C13H19N3O2S3/c1-3-4-14-7-12-13(10(2)8-19-12)21(17,18)16-6-11-5-15-9-20-11/h5,8-9,14,16H,3-4,6-7H2,1-2H3. The van der Waals surface area contributed by atoms with Crippen molar-refractivity contribution < 1.29 is 8.42 Å². The predicted octanol–water partition coefficient (Wildman–Crippen LogP) is 2.49. The maximum Gasteiger partial charge on any atom is 0.242 e. The Bertz CT molecular complexity index is 663. The van der Waals surface area contributed by atoms with Crippen LogP contribution in [0.15, 0.2) is 22.0 Å². The van der Waals surface area contributed by atoms with E-state index in [9.17, 15) is 8.42 Å². The molecule has 2 aromatic rings. The normalized spacial score (nSPS) is 11.9. The summed E-state index contributed by atoms with van der Waals surface area (Å²) < 4.78 is 27.7. The van der Waals surface area contributed by atoms with Crippen LogP contribution in [0.5, 0.6) is 0 Å². The third-order valence-corrected chi connectivity index (χ3v) is 6.53.